The maximum absolute atomic E-state index is 11.7. The van der Waals surface area contributed by atoms with Crippen molar-refractivity contribution in [2.75, 3.05) is 62.3 Å². The van der Waals surface area contributed by atoms with Gasteiger partial charge in [-0.1, -0.05) is 55.4 Å². The van der Waals surface area contributed by atoms with Gasteiger partial charge in [0.1, 0.15) is 48.3 Å². The number of hydrogen-bond acceptors (Lipinski definition) is 16. The Hall–Kier alpha value is -2.92. The molecule has 3 heterocycles. The second kappa shape index (κ2) is 35.3. The van der Waals surface area contributed by atoms with E-state index >= 15 is 0 Å². The molecule has 3 saturated heterocycles. The zero-order valence-electron chi connectivity index (χ0n) is 42.5. The first kappa shape index (κ1) is 61.1. The molecule has 6 amide bonds. The first-order valence-electron chi connectivity index (χ1n) is 22.4. The van der Waals surface area contributed by atoms with Gasteiger partial charge in [0, 0.05) is 2.97 Å². The summed E-state index contributed by atoms with van der Waals surface area (Å²) >= 11 is 6.70. The predicted octanol–water partition coefficient (Wildman–Crippen LogP) is 1.76. The minimum absolute atomic E-state index is 0.0419. The number of carbonyl (C=O) groups is 8. The second-order valence-corrected chi connectivity index (χ2v) is 20.4. The zero-order valence-corrected chi connectivity index (χ0v) is 43.7. The SMILES string of the molecule is CC(C)C1NC(=O)C(C(C)C)NC1=O.COC(=O)C(N)C(C)C.COC(=O)C(N)CCSC.CSCCC1NC(=O)C(C(C)C)NC1=O.CSCCC1NC(=O)C(CCSC)NC1=O.[2H][3H]. The Morgan fingerprint density at radius 1 is 0.531 bits per heavy atom. The minimum Gasteiger partial charge on any atom is -0.468 e. The third-order valence-corrected chi connectivity index (χ3v) is 12.4. The highest BCUT2D eigenvalue weighted by atomic mass is 32.2. The number of thioether (sulfide) groups is 4. The quantitative estimate of drug-likeness (QED) is 0.0909. The highest BCUT2D eigenvalue weighted by Gasteiger charge is 2.37. The number of piperazine rings is 3. The molecule has 0 aromatic carbocycles. The number of ether oxygens (including phenoxy) is 2. The van der Waals surface area contributed by atoms with Crippen LogP contribution >= 0.6 is 47.0 Å². The lowest BCUT2D eigenvalue weighted by atomic mass is 9.95. The van der Waals surface area contributed by atoms with Crippen LogP contribution in [0.2, 0.25) is 0 Å². The van der Waals surface area contributed by atoms with Gasteiger partial charge in [0.05, 0.1) is 14.2 Å². The van der Waals surface area contributed by atoms with Crippen molar-refractivity contribution in [2.45, 2.75) is 129 Å². The van der Waals surface area contributed by atoms with Gasteiger partial charge in [-0.15, -0.1) is 0 Å². The summed E-state index contributed by atoms with van der Waals surface area (Å²) in [6, 6.07) is -3.08. The van der Waals surface area contributed by atoms with Crippen LogP contribution in [0.4, 0.5) is 0 Å². The zero-order chi connectivity index (χ0) is 51.7. The molecular formula is C42H82N8O10S4. The topological polar surface area (TPSA) is 279 Å². The number of esters is 2. The van der Waals surface area contributed by atoms with Crippen LogP contribution in [0.5, 0.6) is 0 Å². The number of nitrogens with one attached hydrogen (secondary N) is 6. The van der Waals surface area contributed by atoms with Crippen molar-refractivity contribution in [3.63, 3.8) is 0 Å². The summed E-state index contributed by atoms with van der Waals surface area (Å²) in [5.74, 6) is 3.09. The Morgan fingerprint density at radius 2 is 0.812 bits per heavy atom. The van der Waals surface area contributed by atoms with Gasteiger partial charge in [-0.25, -0.2) is 0 Å². The predicted molar refractivity (Wildman–Crippen MR) is 265 cm³/mol. The molecule has 3 aliphatic heterocycles. The Morgan fingerprint density at radius 3 is 1.08 bits per heavy atom. The number of carbonyl (C=O) groups excluding carboxylic acids is 8. The van der Waals surface area contributed by atoms with Gasteiger partial charge in [0.25, 0.3) is 0 Å². The summed E-state index contributed by atoms with van der Waals surface area (Å²) in [5.41, 5.74) is 10.8. The number of methoxy groups -OCH3 is 2. The van der Waals surface area contributed by atoms with E-state index in [2.05, 4.69) is 41.4 Å². The summed E-state index contributed by atoms with van der Waals surface area (Å²) in [5, 5.41) is 16.6. The molecule has 374 valence electrons. The average Bonchev–Trinajstić information content (AvgIpc) is 3.28. The highest BCUT2D eigenvalue weighted by molar-refractivity contribution is 7.99. The van der Waals surface area contributed by atoms with Crippen LogP contribution in [0.15, 0.2) is 0 Å². The van der Waals surface area contributed by atoms with Crippen LogP contribution in [0.1, 0.15) is 84.0 Å². The molecule has 0 radical (unpaired) electrons. The Labute approximate surface area is 402 Å². The van der Waals surface area contributed by atoms with E-state index in [0.717, 1.165) is 23.0 Å². The van der Waals surface area contributed by atoms with Crippen LogP contribution in [-0.2, 0) is 47.8 Å². The third kappa shape index (κ3) is 25.1. The molecule has 0 aromatic heterocycles. The van der Waals surface area contributed by atoms with Gasteiger partial charge in [-0.2, -0.15) is 47.0 Å². The number of nitrogens with two attached hydrogens (primary N) is 2. The molecule has 18 nitrogen and oxygen atoms in total. The van der Waals surface area contributed by atoms with Crippen molar-refractivity contribution in [2.24, 2.45) is 35.1 Å². The lowest BCUT2D eigenvalue weighted by molar-refractivity contribution is -0.143. The molecule has 22 heteroatoms. The molecule has 0 bridgehead atoms. The lowest BCUT2D eigenvalue weighted by Gasteiger charge is -2.33. The lowest BCUT2D eigenvalue weighted by Crippen LogP contribution is -2.64. The van der Waals surface area contributed by atoms with Gasteiger partial charge in [0.15, 0.2) is 0 Å². The van der Waals surface area contributed by atoms with E-state index in [1.165, 1.54) is 14.2 Å². The van der Waals surface area contributed by atoms with E-state index in [0.29, 0.717) is 25.7 Å². The van der Waals surface area contributed by atoms with Crippen molar-refractivity contribution in [3.05, 3.63) is 0 Å². The van der Waals surface area contributed by atoms with E-state index in [1.54, 1.807) is 47.0 Å². The molecule has 0 spiro atoms. The highest BCUT2D eigenvalue weighted by Crippen LogP contribution is 2.13. The molecule has 0 saturated carbocycles. The molecule has 10 N–H and O–H groups in total. The van der Waals surface area contributed by atoms with E-state index in [9.17, 15) is 38.4 Å². The maximum atomic E-state index is 11.7. The van der Waals surface area contributed by atoms with Gasteiger partial charge >= 0.3 is 11.9 Å². The smallest absolute Gasteiger partial charge is 0.322 e. The van der Waals surface area contributed by atoms with Gasteiger partial charge < -0.3 is 52.8 Å². The summed E-state index contributed by atoms with van der Waals surface area (Å²) in [6.07, 6.45) is 10.7. The molecule has 3 rings (SSSR count). The Kier molecular flexibility index (Phi) is 33.7. The van der Waals surface area contributed by atoms with Gasteiger partial charge in [-0.05, 0) is 97.4 Å². The van der Waals surface area contributed by atoms with E-state index < -0.39 is 12.1 Å². The van der Waals surface area contributed by atoms with E-state index in [1.807, 2.05) is 80.4 Å². The summed E-state index contributed by atoms with van der Waals surface area (Å²) in [4.78, 5) is 91.0. The summed E-state index contributed by atoms with van der Waals surface area (Å²) in [6.45, 7) is 15.3. The largest absolute Gasteiger partial charge is 0.468 e. The van der Waals surface area contributed by atoms with Crippen LogP contribution in [0.3, 0.4) is 0 Å². The molecule has 64 heavy (non-hydrogen) atoms. The van der Waals surface area contributed by atoms with Gasteiger partial charge in [-0.3, -0.25) is 38.4 Å². The molecule has 0 aliphatic carbocycles. The van der Waals surface area contributed by atoms with Crippen molar-refractivity contribution >= 4 is 94.4 Å². The van der Waals surface area contributed by atoms with Crippen LogP contribution in [0, 0.1) is 23.7 Å². The number of hydrogen-bond donors (Lipinski definition) is 8. The number of rotatable bonds is 18. The Balaban J connectivity index is -0.000000756. The first-order valence-corrected chi connectivity index (χ1v) is 27.0. The maximum Gasteiger partial charge on any atom is 0.322 e. The van der Waals surface area contributed by atoms with Crippen molar-refractivity contribution in [1.29, 1.82) is 0 Å². The van der Waals surface area contributed by atoms with Crippen molar-refractivity contribution in [1.82, 2.24) is 31.9 Å². The van der Waals surface area contributed by atoms with Crippen LogP contribution in [-0.4, -0.2) is 158 Å². The molecular weight excluding hydrogens is 905 g/mol. The second-order valence-electron chi connectivity index (χ2n) is 16.4. The third-order valence-electron chi connectivity index (χ3n) is 9.80. The molecule has 3 aliphatic rings. The standard InChI is InChI=1S/C10H18N2O2S2.C10H18N2O2S.C10H18N2O2.C6H13NO2S.C6H13NO2.H2/c1-15-5-3-7-9(13)12-8(4-6-16-2)10(14)11-7;1-6(2)8-10(14)11-7(4-5-15-3)9(13)12-8;1-5(2)7-9(13)12-8(6(3)4)10(14)11-7;1-9-6(8)5(7)3-4-10-2;1-4(2)5(7)6(8)9-3;/h7-8H,3-6H2,1-2H3,(H,11,14)(H,12,13);6-8H,4-5H2,1-3H3,(H,11,14)(H,12,13);5-8H,1-4H3,(H,11,14)(H,12,13);5H,3-4,7H2,1-2H3;4-5H,7H2,1-3H3;1H/i;;;;;1+2D. The van der Waals surface area contributed by atoms with Crippen LogP contribution < -0.4 is 43.4 Å². The van der Waals surface area contributed by atoms with E-state index in [-0.39, 0.29) is 107 Å². The summed E-state index contributed by atoms with van der Waals surface area (Å²) < 4.78 is 18.8. The molecule has 8 atom stereocenters. The molecule has 3 fully saturated rings. The monoisotopic (exact) mass is 990 g/mol. The number of amides is 6. The molecule has 8 unspecified atom stereocenters. The van der Waals surface area contributed by atoms with E-state index in [4.69, 9.17) is 14.4 Å². The van der Waals surface area contributed by atoms with Crippen molar-refractivity contribution < 1.29 is 50.8 Å². The normalized spacial score (nSPS) is 22.6. The van der Waals surface area contributed by atoms with Crippen molar-refractivity contribution in [3.8, 4) is 0 Å². The fourth-order valence-electron chi connectivity index (χ4n) is 5.59. The fourth-order valence-corrected chi connectivity index (χ4v) is 7.49. The summed E-state index contributed by atoms with van der Waals surface area (Å²) in [7, 11) is 2.69. The first-order chi connectivity index (χ1) is 31.0. The fraction of sp³-hybridized carbons (Fsp3) is 0.810. The Bertz CT molecular complexity index is 1410. The molecule has 0 aromatic rings. The average molecular weight is 990 g/mol. The minimum atomic E-state index is -0.477. The van der Waals surface area contributed by atoms with Crippen LogP contribution in [0.25, 0.3) is 0 Å². The van der Waals surface area contributed by atoms with Gasteiger partial charge in [0.2, 0.25) is 35.4 Å².